The van der Waals surface area contributed by atoms with Crippen LogP contribution in [0.5, 0.6) is 0 Å². The fourth-order valence-corrected chi connectivity index (χ4v) is 0.612. The highest BCUT2D eigenvalue weighted by Crippen LogP contribution is 1.89. The Morgan fingerprint density at radius 2 is 1.80 bits per heavy atom. The van der Waals surface area contributed by atoms with Crippen molar-refractivity contribution in [3.63, 3.8) is 0 Å². The topological polar surface area (TPSA) is 18.5 Å². The van der Waals surface area contributed by atoms with E-state index in [0.717, 1.165) is 26.1 Å². The number of hydrogen-bond acceptors (Lipinski definition) is 2. The SMILES string of the molecule is [CH2]OCCCOCCCC. The summed E-state index contributed by atoms with van der Waals surface area (Å²) in [6, 6.07) is 0. The summed E-state index contributed by atoms with van der Waals surface area (Å²) in [4.78, 5) is 0. The van der Waals surface area contributed by atoms with Crippen molar-refractivity contribution in [1.82, 2.24) is 0 Å². The molecule has 0 saturated heterocycles. The lowest BCUT2D eigenvalue weighted by Gasteiger charge is -2.01. The molecule has 0 atom stereocenters. The summed E-state index contributed by atoms with van der Waals surface area (Å²) >= 11 is 0. The van der Waals surface area contributed by atoms with Gasteiger partial charge in [-0.25, -0.2) is 0 Å². The summed E-state index contributed by atoms with van der Waals surface area (Å²) in [6.45, 7) is 4.54. The van der Waals surface area contributed by atoms with Gasteiger partial charge in [0, 0.05) is 19.8 Å². The Labute approximate surface area is 63.5 Å². The third-order valence-electron chi connectivity index (χ3n) is 1.22. The third-order valence-corrected chi connectivity index (χ3v) is 1.22. The van der Waals surface area contributed by atoms with Crippen LogP contribution in [0.4, 0.5) is 0 Å². The highest BCUT2D eigenvalue weighted by atomic mass is 16.5. The van der Waals surface area contributed by atoms with E-state index < -0.39 is 0 Å². The van der Waals surface area contributed by atoms with Crippen LogP contribution in [0.1, 0.15) is 26.2 Å². The van der Waals surface area contributed by atoms with Crippen molar-refractivity contribution in [3.8, 4) is 0 Å². The Morgan fingerprint density at radius 3 is 2.40 bits per heavy atom. The van der Waals surface area contributed by atoms with Crippen LogP contribution in [-0.4, -0.2) is 19.8 Å². The fourth-order valence-electron chi connectivity index (χ4n) is 0.612. The molecular formula is C8H17O2. The van der Waals surface area contributed by atoms with E-state index in [9.17, 15) is 0 Å². The van der Waals surface area contributed by atoms with Gasteiger partial charge in [-0.3, -0.25) is 0 Å². The second-order valence-electron chi connectivity index (χ2n) is 2.23. The van der Waals surface area contributed by atoms with E-state index in [4.69, 9.17) is 4.74 Å². The smallest absolute Gasteiger partial charge is 0.0700 e. The average Bonchev–Trinajstić information content (AvgIpc) is 1.97. The molecule has 0 aromatic carbocycles. The van der Waals surface area contributed by atoms with Crippen LogP contribution in [0.15, 0.2) is 0 Å². The maximum atomic E-state index is 5.27. The van der Waals surface area contributed by atoms with E-state index in [0.29, 0.717) is 6.61 Å². The van der Waals surface area contributed by atoms with Crippen molar-refractivity contribution in [1.29, 1.82) is 0 Å². The van der Waals surface area contributed by atoms with Gasteiger partial charge in [-0.1, -0.05) is 13.3 Å². The molecule has 0 rings (SSSR count). The van der Waals surface area contributed by atoms with Gasteiger partial charge in [0.15, 0.2) is 0 Å². The second-order valence-corrected chi connectivity index (χ2v) is 2.23. The van der Waals surface area contributed by atoms with Gasteiger partial charge in [0.05, 0.1) is 7.11 Å². The lowest BCUT2D eigenvalue weighted by atomic mass is 10.4. The van der Waals surface area contributed by atoms with E-state index >= 15 is 0 Å². The first-order chi connectivity index (χ1) is 4.91. The number of unbranched alkanes of at least 4 members (excludes halogenated alkanes) is 1. The molecule has 0 aromatic rings. The molecule has 1 radical (unpaired) electrons. The Balaban J connectivity index is 2.65. The van der Waals surface area contributed by atoms with Crippen molar-refractivity contribution >= 4 is 0 Å². The van der Waals surface area contributed by atoms with Gasteiger partial charge < -0.3 is 9.47 Å². The summed E-state index contributed by atoms with van der Waals surface area (Å²) in [5.41, 5.74) is 0. The summed E-state index contributed by atoms with van der Waals surface area (Å²) in [6.07, 6.45) is 3.31. The normalized spacial score (nSPS) is 10.2. The summed E-state index contributed by atoms with van der Waals surface area (Å²) < 4.78 is 9.89. The van der Waals surface area contributed by atoms with Crippen LogP contribution in [0.2, 0.25) is 0 Å². The third kappa shape index (κ3) is 7.92. The number of rotatable bonds is 7. The van der Waals surface area contributed by atoms with Gasteiger partial charge in [0.1, 0.15) is 0 Å². The molecule has 2 heteroatoms. The summed E-state index contributed by atoms with van der Waals surface area (Å²) in [5, 5.41) is 0. The van der Waals surface area contributed by atoms with Crippen LogP contribution in [-0.2, 0) is 9.47 Å². The first-order valence-corrected chi connectivity index (χ1v) is 3.86. The number of ether oxygens (including phenoxy) is 2. The van der Waals surface area contributed by atoms with Crippen LogP contribution in [0.25, 0.3) is 0 Å². The summed E-state index contributed by atoms with van der Waals surface area (Å²) in [5.74, 6) is 0. The number of hydrogen-bond donors (Lipinski definition) is 0. The minimum atomic E-state index is 0.701. The molecule has 0 heterocycles. The quantitative estimate of drug-likeness (QED) is 0.510. The molecule has 10 heavy (non-hydrogen) atoms. The molecule has 2 nitrogen and oxygen atoms in total. The maximum absolute atomic E-state index is 5.27. The zero-order chi connectivity index (χ0) is 7.66. The molecule has 0 aliphatic rings. The predicted molar refractivity (Wildman–Crippen MR) is 41.7 cm³/mol. The Bertz CT molecular complexity index is 47.2. The standard InChI is InChI=1S/C8H17O2/c1-3-4-7-10-8-5-6-9-2/h2-8H2,1H3. The lowest BCUT2D eigenvalue weighted by Crippen LogP contribution is -1.99. The van der Waals surface area contributed by atoms with E-state index in [1.165, 1.54) is 6.42 Å². The molecule has 0 aliphatic heterocycles. The van der Waals surface area contributed by atoms with Crippen LogP contribution in [0.3, 0.4) is 0 Å². The lowest BCUT2D eigenvalue weighted by molar-refractivity contribution is 0.109. The molecule has 0 fully saturated rings. The largest absolute Gasteiger partial charge is 0.381 e. The van der Waals surface area contributed by atoms with Gasteiger partial charge in [-0.15, -0.1) is 0 Å². The molecule has 0 amide bonds. The molecule has 0 aliphatic carbocycles. The van der Waals surface area contributed by atoms with E-state index in [1.807, 2.05) is 0 Å². The molecule has 0 unspecified atom stereocenters. The van der Waals surface area contributed by atoms with Crippen molar-refractivity contribution < 1.29 is 9.47 Å². The average molecular weight is 145 g/mol. The zero-order valence-electron chi connectivity index (χ0n) is 6.77. The van der Waals surface area contributed by atoms with Gasteiger partial charge in [0.2, 0.25) is 0 Å². The second kappa shape index (κ2) is 8.92. The first kappa shape index (κ1) is 9.92. The summed E-state index contributed by atoms with van der Waals surface area (Å²) in [7, 11) is 3.26. The molecule has 0 spiro atoms. The fraction of sp³-hybridized carbons (Fsp3) is 0.875. The van der Waals surface area contributed by atoms with Crippen LogP contribution >= 0.6 is 0 Å². The Hall–Kier alpha value is -0.0800. The van der Waals surface area contributed by atoms with E-state index in [2.05, 4.69) is 18.8 Å². The highest BCUT2D eigenvalue weighted by molar-refractivity contribution is 4.35. The van der Waals surface area contributed by atoms with Crippen LogP contribution < -0.4 is 0 Å². The van der Waals surface area contributed by atoms with Crippen molar-refractivity contribution in [2.45, 2.75) is 26.2 Å². The van der Waals surface area contributed by atoms with Crippen LogP contribution in [0, 0.1) is 7.11 Å². The van der Waals surface area contributed by atoms with Gasteiger partial charge in [-0.2, -0.15) is 0 Å². The molecule has 61 valence electrons. The molecular weight excluding hydrogens is 128 g/mol. The van der Waals surface area contributed by atoms with E-state index in [-0.39, 0.29) is 0 Å². The van der Waals surface area contributed by atoms with Gasteiger partial charge in [0.25, 0.3) is 0 Å². The molecule has 0 saturated carbocycles. The van der Waals surface area contributed by atoms with Gasteiger partial charge in [-0.05, 0) is 12.8 Å². The monoisotopic (exact) mass is 145 g/mol. The maximum Gasteiger partial charge on any atom is 0.0700 e. The highest BCUT2D eigenvalue weighted by Gasteiger charge is 1.86. The van der Waals surface area contributed by atoms with Crippen molar-refractivity contribution in [3.05, 3.63) is 7.11 Å². The Kier molecular flexibility index (Phi) is 8.85. The zero-order valence-corrected chi connectivity index (χ0v) is 6.77. The first-order valence-electron chi connectivity index (χ1n) is 3.86. The molecule has 0 aromatic heterocycles. The predicted octanol–water partition coefficient (Wildman–Crippen LogP) is 2.00. The van der Waals surface area contributed by atoms with E-state index in [1.54, 1.807) is 0 Å². The minimum Gasteiger partial charge on any atom is -0.381 e. The minimum absolute atomic E-state index is 0.701. The Morgan fingerprint density at radius 1 is 1.10 bits per heavy atom. The molecule has 0 N–H and O–H groups in total. The van der Waals surface area contributed by atoms with Crippen molar-refractivity contribution in [2.24, 2.45) is 0 Å². The van der Waals surface area contributed by atoms with Gasteiger partial charge >= 0.3 is 0 Å². The molecule has 0 bridgehead atoms. The van der Waals surface area contributed by atoms with Crippen molar-refractivity contribution in [2.75, 3.05) is 19.8 Å².